The second-order valence-corrected chi connectivity index (χ2v) is 6.61. The zero-order valence-corrected chi connectivity index (χ0v) is 11.5. The van der Waals surface area contributed by atoms with E-state index in [4.69, 9.17) is 0 Å². The van der Waals surface area contributed by atoms with Gasteiger partial charge in [0.15, 0.2) is 0 Å². The van der Waals surface area contributed by atoms with Crippen LogP contribution in [0.2, 0.25) is 0 Å². The lowest BCUT2D eigenvalue weighted by atomic mass is 9.59. The minimum atomic E-state index is -0.00512. The molecule has 96 valence electrons. The van der Waals surface area contributed by atoms with Gasteiger partial charge in [0.05, 0.1) is 0 Å². The Kier molecular flexibility index (Phi) is 3.17. The summed E-state index contributed by atoms with van der Waals surface area (Å²) in [6, 6.07) is 0. The Hall–Kier alpha value is -0.660. The summed E-state index contributed by atoms with van der Waals surface area (Å²) in [4.78, 5) is 24.2. The summed E-state index contributed by atoms with van der Waals surface area (Å²) in [6.07, 6.45) is 3.36. The SMILES string of the molecule is CC(C)[C@H]1C(=O)C[C@H](C)[C@@]12CC[C@@H](C)C(=O)C2. The molecule has 2 rings (SSSR count). The smallest absolute Gasteiger partial charge is 0.137 e. The van der Waals surface area contributed by atoms with Crippen LogP contribution in [0.1, 0.15) is 53.4 Å². The van der Waals surface area contributed by atoms with Gasteiger partial charge in [-0.05, 0) is 30.1 Å². The van der Waals surface area contributed by atoms with E-state index in [1.807, 2.05) is 6.92 Å². The molecule has 0 amide bonds. The van der Waals surface area contributed by atoms with E-state index >= 15 is 0 Å². The molecule has 0 heterocycles. The fraction of sp³-hybridized carbons (Fsp3) is 0.867. The van der Waals surface area contributed by atoms with Crippen molar-refractivity contribution in [2.75, 3.05) is 0 Å². The monoisotopic (exact) mass is 236 g/mol. The predicted octanol–water partition coefficient (Wildman–Crippen LogP) is 3.24. The summed E-state index contributed by atoms with van der Waals surface area (Å²) in [5, 5.41) is 0. The van der Waals surface area contributed by atoms with Crippen molar-refractivity contribution >= 4 is 11.6 Å². The summed E-state index contributed by atoms with van der Waals surface area (Å²) in [5.74, 6) is 1.86. The van der Waals surface area contributed by atoms with Gasteiger partial charge in [0.1, 0.15) is 11.6 Å². The third-order valence-corrected chi connectivity index (χ3v) is 5.22. The second kappa shape index (κ2) is 4.22. The number of Topliss-reactive ketones (excluding diaryl/α,β-unsaturated/α-hetero) is 2. The van der Waals surface area contributed by atoms with Gasteiger partial charge in [-0.25, -0.2) is 0 Å². The molecule has 0 N–H and O–H groups in total. The summed E-state index contributed by atoms with van der Waals surface area (Å²) >= 11 is 0. The first-order valence-corrected chi connectivity index (χ1v) is 6.94. The van der Waals surface area contributed by atoms with Crippen LogP contribution in [0, 0.1) is 29.1 Å². The fourth-order valence-corrected chi connectivity index (χ4v) is 4.21. The van der Waals surface area contributed by atoms with Gasteiger partial charge in [0.2, 0.25) is 0 Å². The molecule has 0 aliphatic heterocycles. The van der Waals surface area contributed by atoms with Gasteiger partial charge in [-0.2, -0.15) is 0 Å². The van der Waals surface area contributed by atoms with Crippen molar-refractivity contribution < 1.29 is 9.59 Å². The Labute approximate surface area is 104 Å². The van der Waals surface area contributed by atoms with Crippen LogP contribution in [0.5, 0.6) is 0 Å². The van der Waals surface area contributed by atoms with Crippen LogP contribution in [0.15, 0.2) is 0 Å². The summed E-state index contributed by atoms with van der Waals surface area (Å²) in [7, 11) is 0. The van der Waals surface area contributed by atoms with Crippen molar-refractivity contribution in [3.63, 3.8) is 0 Å². The Morgan fingerprint density at radius 3 is 2.35 bits per heavy atom. The Morgan fingerprint density at radius 1 is 1.18 bits per heavy atom. The summed E-state index contributed by atoms with van der Waals surface area (Å²) in [6.45, 7) is 8.46. The Morgan fingerprint density at radius 2 is 1.82 bits per heavy atom. The molecular weight excluding hydrogens is 212 g/mol. The first-order valence-electron chi connectivity index (χ1n) is 6.94. The molecule has 2 aliphatic rings. The van der Waals surface area contributed by atoms with E-state index in [1.165, 1.54) is 0 Å². The molecule has 2 fully saturated rings. The number of carbonyl (C=O) groups is 2. The fourth-order valence-electron chi connectivity index (χ4n) is 4.21. The topological polar surface area (TPSA) is 34.1 Å². The van der Waals surface area contributed by atoms with Crippen LogP contribution < -0.4 is 0 Å². The molecule has 0 bridgehead atoms. The van der Waals surface area contributed by atoms with Gasteiger partial charge in [-0.3, -0.25) is 9.59 Å². The molecule has 0 radical (unpaired) electrons. The Balaban J connectivity index is 2.33. The average Bonchev–Trinajstić information content (AvgIpc) is 2.45. The first-order chi connectivity index (χ1) is 7.88. The minimum absolute atomic E-state index is 0.00512. The van der Waals surface area contributed by atoms with Crippen molar-refractivity contribution in [1.29, 1.82) is 0 Å². The van der Waals surface area contributed by atoms with Crippen molar-refractivity contribution in [3.05, 3.63) is 0 Å². The highest BCUT2D eigenvalue weighted by molar-refractivity contribution is 5.88. The van der Waals surface area contributed by atoms with Crippen LogP contribution in [0.4, 0.5) is 0 Å². The molecular formula is C15H24O2. The molecule has 0 aromatic carbocycles. The van der Waals surface area contributed by atoms with Gasteiger partial charge in [0, 0.05) is 24.7 Å². The van der Waals surface area contributed by atoms with Gasteiger partial charge in [-0.1, -0.05) is 27.7 Å². The van der Waals surface area contributed by atoms with Crippen LogP contribution in [0.25, 0.3) is 0 Å². The van der Waals surface area contributed by atoms with Crippen LogP contribution in [-0.2, 0) is 9.59 Å². The molecule has 1 spiro atoms. The number of hydrogen-bond acceptors (Lipinski definition) is 2. The predicted molar refractivity (Wildman–Crippen MR) is 67.6 cm³/mol. The van der Waals surface area contributed by atoms with E-state index in [0.717, 1.165) is 12.8 Å². The van der Waals surface area contributed by atoms with Crippen molar-refractivity contribution in [3.8, 4) is 0 Å². The molecule has 2 saturated carbocycles. The van der Waals surface area contributed by atoms with Crippen LogP contribution in [0.3, 0.4) is 0 Å². The zero-order valence-electron chi connectivity index (χ0n) is 11.5. The largest absolute Gasteiger partial charge is 0.299 e. The third kappa shape index (κ3) is 1.86. The molecule has 0 aromatic heterocycles. The maximum Gasteiger partial charge on any atom is 0.137 e. The molecule has 4 atom stereocenters. The minimum Gasteiger partial charge on any atom is -0.299 e. The number of hydrogen-bond donors (Lipinski definition) is 0. The quantitative estimate of drug-likeness (QED) is 0.700. The zero-order chi connectivity index (χ0) is 12.8. The van der Waals surface area contributed by atoms with Gasteiger partial charge in [-0.15, -0.1) is 0 Å². The Bertz CT molecular complexity index is 345. The second-order valence-electron chi connectivity index (χ2n) is 6.61. The standard InChI is InChI=1S/C15H24O2/c1-9(2)14-12(16)7-11(4)15(14)6-5-10(3)13(17)8-15/h9-11,14H,5-8H2,1-4H3/t10-,11+,14+,15+/m1/s1. The lowest BCUT2D eigenvalue weighted by Crippen LogP contribution is -2.42. The number of rotatable bonds is 1. The molecule has 2 heteroatoms. The van der Waals surface area contributed by atoms with Crippen molar-refractivity contribution in [2.24, 2.45) is 29.1 Å². The van der Waals surface area contributed by atoms with E-state index in [-0.39, 0.29) is 17.3 Å². The van der Waals surface area contributed by atoms with E-state index in [2.05, 4.69) is 20.8 Å². The normalized spacial score (nSPS) is 42.8. The molecule has 0 aromatic rings. The number of ketones is 2. The molecule has 0 unspecified atom stereocenters. The van der Waals surface area contributed by atoms with Crippen LogP contribution in [-0.4, -0.2) is 11.6 Å². The van der Waals surface area contributed by atoms with Crippen molar-refractivity contribution in [1.82, 2.24) is 0 Å². The van der Waals surface area contributed by atoms with Crippen molar-refractivity contribution in [2.45, 2.75) is 53.4 Å². The lowest BCUT2D eigenvalue weighted by molar-refractivity contribution is -0.133. The highest BCUT2D eigenvalue weighted by atomic mass is 16.1. The molecule has 2 nitrogen and oxygen atoms in total. The highest BCUT2D eigenvalue weighted by Gasteiger charge is 2.55. The van der Waals surface area contributed by atoms with Gasteiger partial charge >= 0.3 is 0 Å². The van der Waals surface area contributed by atoms with Gasteiger partial charge in [0.25, 0.3) is 0 Å². The molecule has 0 saturated heterocycles. The maximum absolute atomic E-state index is 12.2. The van der Waals surface area contributed by atoms with E-state index in [1.54, 1.807) is 0 Å². The number of carbonyl (C=O) groups excluding carboxylic acids is 2. The highest BCUT2D eigenvalue weighted by Crippen LogP contribution is 2.56. The van der Waals surface area contributed by atoms with E-state index in [9.17, 15) is 9.59 Å². The van der Waals surface area contributed by atoms with E-state index < -0.39 is 0 Å². The summed E-state index contributed by atoms with van der Waals surface area (Å²) < 4.78 is 0. The summed E-state index contributed by atoms with van der Waals surface area (Å²) in [5.41, 5.74) is -0.00512. The third-order valence-electron chi connectivity index (χ3n) is 5.22. The van der Waals surface area contributed by atoms with Crippen LogP contribution >= 0.6 is 0 Å². The van der Waals surface area contributed by atoms with E-state index in [0.29, 0.717) is 36.2 Å². The molecule has 2 aliphatic carbocycles. The lowest BCUT2D eigenvalue weighted by Gasteiger charge is -2.44. The molecule has 17 heavy (non-hydrogen) atoms. The first kappa shape index (κ1) is 12.8. The maximum atomic E-state index is 12.2. The average molecular weight is 236 g/mol. The van der Waals surface area contributed by atoms with Gasteiger partial charge < -0.3 is 0 Å².